The number of sulfonamides is 1. The Balaban J connectivity index is 1.80. The fraction of sp³-hybridized carbons (Fsp3) is 0.500. The molecule has 2 rings (SSSR count). The number of nitrogens with zero attached hydrogens (tertiary/aromatic N) is 1. The zero-order valence-electron chi connectivity index (χ0n) is 15.8. The predicted octanol–water partition coefficient (Wildman–Crippen LogP) is 0.348. The maximum Gasteiger partial charge on any atom is 0.307 e. The first-order valence-electron chi connectivity index (χ1n) is 8.87. The number of Topliss-reactive ketones (excluding diaryl/α,β-unsaturated/α-hetero) is 1. The van der Waals surface area contributed by atoms with Gasteiger partial charge in [0.05, 0.1) is 24.5 Å². The van der Waals surface area contributed by atoms with Crippen molar-refractivity contribution in [3.63, 3.8) is 0 Å². The number of ketones is 1. The molecule has 0 unspecified atom stereocenters. The first-order valence-corrected chi connectivity index (χ1v) is 10.4. The van der Waals surface area contributed by atoms with Crippen molar-refractivity contribution in [2.24, 2.45) is 0 Å². The van der Waals surface area contributed by atoms with Crippen LogP contribution < -0.4 is 4.72 Å². The molecule has 9 nitrogen and oxygen atoms in total. The van der Waals surface area contributed by atoms with Gasteiger partial charge in [0.1, 0.15) is 0 Å². The van der Waals surface area contributed by atoms with Gasteiger partial charge < -0.3 is 14.4 Å². The Morgan fingerprint density at radius 3 is 2.36 bits per heavy atom. The Morgan fingerprint density at radius 2 is 1.79 bits per heavy atom. The van der Waals surface area contributed by atoms with Crippen LogP contribution in [0.5, 0.6) is 0 Å². The van der Waals surface area contributed by atoms with Crippen molar-refractivity contribution in [1.82, 2.24) is 9.62 Å². The quantitative estimate of drug-likeness (QED) is 0.483. The van der Waals surface area contributed by atoms with Gasteiger partial charge in [-0.05, 0) is 26.0 Å². The molecule has 1 aliphatic heterocycles. The number of benzene rings is 1. The number of esters is 1. The van der Waals surface area contributed by atoms with E-state index in [1.807, 2.05) is 0 Å². The molecule has 0 aliphatic carbocycles. The van der Waals surface area contributed by atoms with Crippen molar-refractivity contribution in [3.8, 4) is 0 Å². The van der Waals surface area contributed by atoms with Gasteiger partial charge in [-0.25, -0.2) is 13.1 Å². The average Bonchev–Trinajstić information content (AvgIpc) is 2.67. The highest BCUT2D eigenvalue weighted by Crippen LogP contribution is 2.11. The molecule has 1 heterocycles. The van der Waals surface area contributed by atoms with E-state index in [1.165, 1.54) is 38.1 Å². The van der Waals surface area contributed by atoms with Crippen LogP contribution in [-0.4, -0.2) is 69.9 Å². The highest BCUT2D eigenvalue weighted by atomic mass is 32.2. The second kappa shape index (κ2) is 9.76. The third-order valence-electron chi connectivity index (χ3n) is 4.17. The van der Waals surface area contributed by atoms with Crippen LogP contribution in [0.1, 0.15) is 30.6 Å². The summed E-state index contributed by atoms with van der Waals surface area (Å²) < 4.78 is 37.0. The summed E-state index contributed by atoms with van der Waals surface area (Å²) >= 11 is 0. The molecule has 0 radical (unpaired) electrons. The van der Waals surface area contributed by atoms with Gasteiger partial charge >= 0.3 is 5.97 Å². The number of morpholine rings is 1. The largest absolute Gasteiger partial charge is 0.452 e. The van der Waals surface area contributed by atoms with Crippen LogP contribution >= 0.6 is 0 Å². The molecule has 1 aromatic carbocycles. The van der Waals surface area contributed by atoms with E-state index in [-0.39, 0.29) is 29.6 Å². The average molecular weight is 412 g/mol. The highest BCUT2D eigenvalue weighted by Gasteiger charge is 2.25. The van der Waals surface area contributed by atoms with Crippen molar-refractivity contribution < 1.29 is 32.3 Å². The summed E-state index contributed by atoms with van der Waals surface area (Å²) in [5.74, 6) is -1.15. The summed E-state index contributed by atoms with van der Waals surface area (Å²) in [6.07, 6.45) is -1.16. The fourth-order valence-corrected chi connectivity index (χ4v) is 3.62. The Kier molecular flexibility index (Phi) is 7.67. The van der Waals surface area contributed by atoms with E-state index in [0.717, 1.165) is 0 Å². The van der Waals surface area contributed by atoms with Crippen LogP contribution in [0.4, 0.5) is 0 Å². The molecule has 0 saturated carbocycles. The minimum absolute atomic E-state index is 0.0123. The van der Waals surface area contributed by atoms with Crippen LogP contribution in [0.2, 0.25) is 0 Å². The van der Waals surface area contributed by atoms with Crippen molar-refractivity contribution >= 4 is 27.7 Å². The van der Waals surface area contributed by atoms with Gasteiger partial charge in [-0.3, -0.25) is 14.4 Å². The summed E-state index contributed by atoms with van der Waals surface area (Å²) in [6, 6.07) is 5.48. The lowest BCUT2D eigenvalue weighted by atomic mass is 10.2. The van der Waals surface area contributed by atoms with Gasteiger partial charge in [0.25, 0.3) is 5.91 Å². The zero-order chi connectivity index (χ0) is 20.7. The number of hydrogen-bond donors (Lipinski definition) is 1. The van der Waals surface area contributed by atoms with E-state index >= 15 is 0 Å². The predicted molar refractivity (Wildman–Crippen MR) is 99.2 cm³/mol. The first-order chi connectivity index (χ1) is 13.2. The standard InChI is InChI=1S/C18H24N2O7S/c1-13(21)15-3-5-16(6-4-15)28(24,25)19-8-7-17(22)27-14(2)18(23)20-9-11-26-12-10-20/h3-6,14,19H,7-12H2,1-2H3/t14-/m0/s1. The van der Waals surface area contributed by atoms with Gasteiger partial charge in [-0.1, -0.05) is 12.1 Å². The van der Waals surface area contributed by atoms with Gasteiger partial charge in [-0.15, -0.1) is 0 Å². The lowest BCUT2D eigenvalue weighted by Gasteiger charge is -2.28. The van der Waals surface area contributed by atoms with Gasteiger partial charge in [0.2, 0.25) is 10.0 Å². The van der Waals surface area contributed by atoms with Crippen LogP contribution in [0.3, 0.4) is 0 Å². The number of rotatable bonds is 8. The topological polar surface area (TPSA) is 119 Å². The van der Waals surface area contributed by atoms with E-state index in [1.54, 1.807) is 4.90 Å². The smallest absolute Gasteiger partial charge is 0.307 e. The van der Waals surface area contributed by atoms with Gasteiger partial charge in [0, 0.05) is 25.2 Å². The number of amides is 1. The maximum absolute atomic E-state index is 12.2. The van der Waals surface area contributed by atoms with E-state index in [2.05, 4.69) is 4.72 Å². The third kappa shape index (κ3) is 6.11. The molecule has 1 amide bonds. The van der Waals surface area contributed by atoms with Gasteiger partial charge in [-0.2, -0.15) is 0 Å². The van der Waals surface area contributed by atoms with Crippen molar-refractivity contribution in [3.05, 3.63) is 29.8 Å². The molecule has 1 saturated heterocycles. The molecule has 154 valence electrons. The molecule has 1 aliphatic rings. The van der Waals surface area contributed by atoms with Crippen LogP contribution in [0.15, 0.2) is 29.2 Å². The second-order valence-electron chi connectivity index (χ2n) is 6.30. The molecule has 0 bridgehead atoms. The van der Waals surface area contributed by atoms with Crippen LogP contribution in [-0.2, 0) is 29.1 Å². The molecule has 1 fully saturated rings. The Hall–Kier alpha value is -2.30. The third-order valence-corrected chi connectivity index (χ3v) is 5.65. The molecular weight excluding hydrogens is 388 g/mol. The minimum atomic E-state index is -3.82. The minimum Gasteiger partial charge on any atom is -0.452 e. The van der Waals surface area contributed by atoms with E-state index in [4.69, 9.17) is 9.47 Å². The zero-order valence-corrected chi connectivity index (χ0v) is 16.7. The molecule has 28 heavy (non-hydrogen) atoms. The van der Waals surface area contributed by atoms with Crippen LogP contribution in [0, 0.1) is 0 Å². The monoisotopic (exact) mass is 412 g/mol. The van der Waals surface area contributed by atoms with Crippen molar-refractivity contribution in [2.45, 2.75) is 31.3 Å². The Bertz CT molecular complexity index is 815. The molecule has 1 N–H and O–H groups in total. The fourth-order valence-electron chi connectivity index (χ4n) is 2.59. The normalized spacial score (nSPS) is 15.7. The first kappa shape index (κ1) is 22.0. The number of hydrogen-bond acceptors (Lipinski definition) is 7. The number of nitrogens with one attached hydrogen (secondary N) is 1. The summed E-state index contributed by atoms with van der Waals surface area (Å²) in [5.41, 5.74) is 0.404. The summed E-state index contributed by atoms with van der Waals surface area (Å²) in [4.78, 5) is 36.9. The molecular formula is C18H24N2O7S. The lowest BCUT2D eigenvalue weighted by molar-refractivity contribution is -0.160. The van der Waals surface area contributed by atoms with E-state index < -0.39 is 22.1 Å². The summed E-state index contributed by atoms with van der Waals surface area (Å²) in [5, 5.41) is 0. The SMILES string of the molecule is CC(=O)c1ccc(S(=O)(=O)NCCC(=O)O[C@@H](C)C(=O)N2CCOCC2)cc1. The number of ether oxygens (including phenoxy) is 2. The molecule has 1 atom stereocenters. The molecule has 10 heteroatoms. The number of carbonyl (C=O) groups is 3. The molecule has 0 aromatic heterocycles. The Labute approximate surface area is 164 Å². The van der Waals surface area contributed by atoms with Crippen molar-refractivity contribution in [1.29, 1.82) is 0 Å². The van der Waals surface area contributed by atoms with Crippen molar-refractivity contribution in [2.75, 3.05) is 32.8 Å². The number of carbonyl (C=O) groups excluding carboxylic acids is 3. The maximum atomic E-state index is 12.2. The van der Waals surface area contributed by atoms with E-state index in [0.29, 0.717) is 31.9 Å². The molecule has 0 spiro atoms. The Morgan fingerprint density at radius 1 is 1.18 bits per heavy atom. The van der Waals surface area contributed by atoms with E-state index in [9.17, 15) is 22.8 Å². The van der Waals surface area contributed by atoms with Crippen LogP contribution in [0.25, 0.3) is 0 Å². The lowest BCUT2D eigenvalue weighted by Crippen LogP contribution is -2.46. The molecule has 1 aromatic rings. The second-order valence-corrected chi connectivity index (χ2v) is 8.07. The summed E-state index contributed by atoms with van der Waals surface area (Å²) in [6.45, 7) is 4.48. The summed E-state index contributed by atoms with van der Waals surface area (Å²) in [7, 11) is -3.82. The van der Waals surface area contributed by atoms with Gasteiger partial charge in [0.15, 0.2) is 11.9 Å². The highest BCUT2D eigenvalue weighted by molar-refractivity contribution is 7.89.